The number of carbonyl (C=O) groups is 1. The lowest BCUT2D eigenvalue weighted by Gasteiger charge is -2.39. The highest BCUT2D eigenvalue weighted by Crippen LogP contribution is 2.38. The number of alkyl halides is 2. The van der Waals surface area contributed by atoms with Crippen LogP contribution in [0.5, 0.6) is 5.75 Å². The zero-order valence-corrected chi connectivity index (χ0v) is 15.3. The van der Waals surface area contributed by atoms with E-state index < -0.39 is 24.9 Å². The number of nitrogens with zero attached hydrogens (tertiary/aromatic N) is 3. The summed E-state index contributed by atoms with van der Waals surface area (Å²) in [5, 5.41) is 10.6. The van der Waals surface area contributed by atoms with Crippen LogP contribution in [0.1, 0.15) is 21.5 Å². The van der Waals surface area contributed by atoms with Crippen LogP contribution >= 0.6 is 0 Å². The van der Waals surface area contributed by atoms with Crippen LogP contribution in [0.25, 0.3) is 16.6 Å². The van der Waals surface area contributed by atoms with E-state index in [0.29, 0.717) is 28.0 Å². The van der Waals surface area contributed by atoms with Crippen LogP contribution in [0.4, 0.5) is 20.4 Å². The third-order valence-electron chi connectivity index (χ3n) is 5.12. The molecule has 1 aliphatic heterocycles. The van der Waals surface area contributed by atoms with Gasteiger partial charge in [-0.1, -0.05) is 6.07 Å². The fourth-order valence-corrected chi connectivity index (χ4v) is 3.71. The molecule has 4 rings (SSSR count). The number of aromatic hydroxyl groups is 1. The van der Waals surface area contributed by atoms with Gasteiger partial charge in [0.1, 0.15) is 17.4 Å². The molecule has 0 atom stereocenters. The molecule has 9 heteroatoms. The van der Waals surface area contributed by atoms with E-state index in [1.807, 2.05) is 6.92 Å². The standard InChI is InChI=1S/C19H19F2N5O2/c1-9-3-4-13(27)10(2)16(9)26-12-5-14(25-7-19(20,21)8-25)24-6-11(12)15(17(26)22)18(23)28/h3-6,27H,7-8,22H2,1-2H3,(H2,23,28). The lowest BCUT2D eigenvalue weighted by atomic mass is 10.1. The Morgan fingerprint density at radius 2 is 1.96 bits per heavy atom. The van der Waals surface area contributed by atoms with Gasteiger partial charge in [-0.15, -0.1) is 0 Å². The lowest BCUT2D eigenvalue weighted by molar-refractivity contribution is -0.0266. The van der Waals surface area contributed by atoms with E-state index in [-0.39, 0.29) is 17.1 Å². The summed E-state index contributed by atoms with van der Waals surface area (Å²) < 4.78 is 28.2. The topological polar surface area (TPSA) is 110 Å². The second-order valence-electron chi connectivity index (χ2n) is 7.11. The summed E-state index contributed by atoms with van der Waals surface area (Å²) in [6.07, 6.45) is 1.42. The largest absolute Gasteiger partial charge is 0.508 e. The molecule has 5 N–H and O–H groups in total. The van der Waals surface area contributed by atoms with E-state index in [9.17, 15) is 18.7 Å². The summed E-state index contributed by atoms with van der Waals surface area (Å²) in [6, 6.07) is 4.90. The minimum absolute atomic E-state index is 0.0686. The molecule has 0 radical (unpaired) electrons. The number of anilines is 2. The van der Waals surface area contributed by atoms with Crippen LogP contribution in [0.3, 0.4) is 0 Å². The minimum atomic E-state index is -2.74. The van der Waals surface area contributed by atoms with Crippen molar-refractivity contribution in [1.29, 1.82) is 0 Å². The first-order valence-electron chi connectivity index (χ1n) is 8.63. The second kappa shape index (κ2) is 5.82. The van der Waals surface area contributed by atoms with Crippen molar-refractivity contribution in [1.82, 2.24) is 9.55 Å². The minimum Gasteiger partial charge on any atom is -0.508 e. The van der Waals surface area contributed by atoms with Gasteiger partial charge in [0, 0.05) is 23.2 Å². The van der Waals surface area contributed by atoms with E-state index in [1.165, 1.54) is 11.1 Å². The van der Waals surface area contributed by atoms with Crippen LogP contribution in [0, 0.1) is 13.8 Å². The van der Waals surface area contributed by atoms with E-state index in [4.69, 9.17) is 11.5 Å². The van der Waals surface area contributed by atoms with Gasteiger partial charge in [0.15, 0.2) is 0 Å². The number of rotatable bonds is 3. The second-order valence-corrected chi connectivity index (χ2v) is 7.11. The molecule has 0 saturated carbocycles. The number of halogens is 2. The number of primary amides is 1. The molecule has 1 saturated heterocycles. The smallest absolute Gasteiger partial charge is 0.282 e. The number of carbonyl (C=O) groups excluding carboxylic acids is 1. The summed E-state index contributed by atoms with van der Waals surface area (Å²) in [6.45, 7) is 2.73. The van der Waals surface area contributed by atoms with Gasteiger partial charge >= 0.3 is 0 Å². The number of benzene rings is 1. The van der Waals surface area contributed by atoms with Crippen molar-refractivity contribution in [2.24, 2.45) is 5.73 Å². The van der Waals surface area contributed by atoms with Gasteiger partial charge in [0.25, 0.3) is 11.8 Å². The predicted molar refractivity (Wildman–Crippen MR) is 102 cm³/mol. The first kappa shape index (κ1) is 18.0. The molecule has 2 aromatic heterocycles. The highest BCUT2D eigenvalue weighted by atomic mass is 19.3. The molecule has 0 bridgehead atoms. The first-order valence-corrected chi connectivity index (χ1v) is 8.63. The molecule has 1 fully saturated rings. The van der Waals surface area contributed by atoms with Crippen molar-refractivity contribution < 1.29 is 18.7 Å². The SMILES string of the molecule is Cc1ccc(O)c(C)c1-n1c(N)c(C(N)=O)c2cnc(N3CC(F)(F)C3)cc21. The number of amides is 1. The number of aryl methyl sites for hydroxylation is 1. The molecule has 3 heterocycles. The molecule has 28 heavy (non-hydrogen) atoms. The number of phenolic OH excluding ortho intramolecular Hbond substituents is 1. The molecule has 146 valence electrons. The van der Waals surface area contributed by atoms with E-state index in [1.54, 1.807) is 29.7 Å². The fourth-order valence-electron chi connectivity index (χ4n) is 3.71. The normalized spacial score (nSPS) is 15.6. The van der Waals surface area contributed by atoms with Crippen LogP contribution in [-0.4, -0.2) is 39.6 Å². The predicted octanol–water partition coefficient (Wildman–Crippen LogP) is 2.48. The van der Waals surface area contributed by atoms with Crippen molar-refractivity contribution in [3.8, 4) is 11.4 Å². The number of nitrogen functional groups attached to an aromatic ring is 1. The van der Waals surface area contributed by atoms with Crippen LogP contribution < -0.4 is 16.4 Å². The summed E-state index contributed by atoms with van der Waals surface area (Å²) in [5.41, 5.74) is 14.4. The van der Waals surface area contributed by atoms with Gasteiger partial charge in [-0.2, -0.15) is 0 Å². The quantitative estimate of drug-likeness (QED) is 0.640. The highest BCUT2D eigenvalue weighted by Gasteiger charge is 2.44. The summed E-state index contributed by atoms with van der Waals surface area (Å²) in [7, 11) is 0. The van der Waals surface area contributed by atoms with Gasteiger partial charge in [-0.3, -0.25) is 9.36 Å². The number of fused-ring (bicyclic) bond motifs is 1. The Balaban J connectivity index is 2.01. The highest BCUT2D eigenvalue weighted by molar-refractivity contribution is 6.12. The average Bonchev–Trinajstić information content (AvgIpc) is 2.88. The van der Waals surface area contributed by atoms with Crippen molar-refractivity contribution >= 4 is 28.4 Å². The molecule has 3 aromatic rings. The zero-order chi connectivity index (χ0) is 20.4. The van der Waals surface area contributed by atoms with Crippen LogP contribution in [0.15, 0.2) is 24.4 Å². The van der Waals surface area contributed by atoms with Crippen LogP contribution in [-0.2, 0) is 0 Å². The zero-order valence-electron chi connectivity index (χ0n) is 15.3. The number of pyridine rings is 1. The van der Waals surface area contributed by atoms with Crippen molar-refractivity contribution in [3.05, 3.63) is 41.1 Å². The Labute approximate surface area is 159 Å². The summed E-state index contributed by atoms with van der Waals surface area (Å²) >= 11 is 0. The van der Waals surface area contributed by atoms with E-state index in [0.717, 1.165) is 5.56 Å². The van der Waals surface area contributed by atoms with Gasteiger partial charge in [-0.05, 0) is 25.5 Å². The maximum atomic E-state index is 13.3. The van der Waals surface area contributed by atoms with E-state index >= 15 is 0 Å². The van der Waals surface area contributed by atoms with E-state index in [2.05, 4.69) is 4.98 Å². The first-order chi connectivity index (χ1) is 13.1. The number of nitrogens with two attached hydrogens (primary N) is 2. The van der Waals surface area contributed by atoms with Crippen molar-refractivity contribution in [2.45, 2.75) is 19.8 Å². The average molecular weight is 387 g/mol. The van der Waals surface area contributed by atoms with Crippen molar-refractivity contribution in [2.75, 3.05) is 23.7 Å². The summed E-state index contributed by atoms with van der Waals surface area (Å²) in [5.74, 6) is -2.94. The monoisotopic (exact) mass is 387 g/mol. The van der Waals surface area contributed by atoms with Gasteiger partial charge in [0.05, 0.1) is 29.9 Å². The lowest BCUT2D eigenvalue weighted by Crippen LogP contribution is -2.56. The van der Waals surface area contributed by atoms with Crippen molar-refractivity contribution in [3.63, 3.8) is 0 Å². The maximum Gasteiger partial charge on any atom is 0.282 e. The van der Waals surface area contributed by atoms with Crippen LogP contribution in [0.2, 0.25) is 0 Å². The number of phenols is 1. The molecular formula is C19H19F2N5O2. The molecule has 1 amide bonds. The third-order valence-corrected chi connectivity index (χ3v) is 5.12. The Kier molecular flexibility index (Phi) is 3.74. The number of hydrogen-bond acceptors (Lipinski definition) is 5. The Morgan fingerprint density at radius 3 is 2.57 bits per heavy atom. The summed E-state index contributed by atoms with van der Waals surface area (Å²) in [4.78, 5) is 17.7. The molecule has 7 nitrogen and oxygen atoms in total. The van der Waals surface area contributed by atoms with Gasteiger partial charge < -0.3 is 21.5 Å². The molecule has 1 aromatic carbocycles. The molecule has 0 unspecified atom stereocenters. The molecule has 0 spiro atoms. The third kappa shape index (κ3) is 2.54. The van der Waals surface area contributed by atoms with Gasteiger partial charge in [-0.25, -0.2) is 13.8 Å². The van der Waals surface area contributed by atoms with Gasteiger partial charge in [0.2, 0.25) is 0 Å². The molecule has 1 aliphatic rings. The Bertz CT molecular complexity index is 1130. The molecule has 0 aliphatic carbocycles. The number of hydrogen-bond donors (Lipinski definition) is 3. The maximum absolute atomic E-state index is 13.3. The number of aromatic nitrogens is 2. The molecular weight excluding hydrogens is 368 g/mol. The Morgan fingerprint density at radius 1 is 1.29 bits per heavy atom. The Hall–Kier alpha value is -3.36. The fraction of sp³-hybridized carbons (Fsp3) is 0.263.